The smallest absolute Gasteiger partial charge is 0.223 e. The van der Waals surface area contributed by atoms with Gasteiger partial charge in [0.1, 0.15) is 11.4 Å². The van der Waals surface area contributed by atoms with E-state index in [0.29, 0.717) is 28.5 Å². The summed E-state index contributed by atoms with van der Waals surface area (Å²) in [4.78, 5) is 5.51. The molecule has 0 aliphatic heterocycles. The zero-order valence-electron chi connectivity index (χ0n) is 11.1. The van der Waals surface area contributed by atoms with Crippen molar-refractivity contribution in [2.24, 2.45) is 0 Å². The summed E-state index contributed by atoms with van der Waals surface area (Å²) in [5.41, 5.74) is 1.69. The molecule has 0 spiro atoms. The molecule has 2 aromatic heterocycles. The number of hydrogen-bond acceptors (Lipinski definition) is 6. The lowest BCUT2D eigenvalue weighted by Gasteiger charge is -2.03. The van der Waals surface area contributed by atoms with Gasteiger partial charge in [-0.15, -0.1) is 15.0 Å². The zero-order valence-corrected chi connectivity index (χ0v) is 11.1. The van der Waals surface area contributed by atoms with Gasteiger partial charge in [0.2, 0.25) is 5.82 Å². The Morgan fingerprint density at radius 3 is 2.86 bits per heavy atom. The van der Waals surface area contributed by atoms with Gasteiger partial charge in [0.25, 0.3) is 0 Å². The van der Waals surface area contributed by atoms with Crippen LogP contribution in [0.25, 0.3) is 17.2 Å². The van der Waals surface area contributed by atoms with Crippen LogP contribution >= 0.6 is 0 Å². The fourth-order valence-corrected chi connectivity index (χ4v) is 1.80. The second-order valence-electron chi connectivity index (χ2n) is 4.15. The van der Waals surface area contributed by atoms with E-state index in [2.05, 4.69) is 26.5 Å². The second-order valence-corrected chi connectivity index (χ2v) is 4.15. The summed E-state index contributed by atoms with van der Waals surface area (Å²) in [5, 5.41) is 21.3. The maximum absolute atomic E-state index is 9.03. The number of ether oxygens (including phenoxy) is 1. The van der Waals surface area contributed by atoms with Gasteiger partial charge in [0.15, 0.2) is 0 Å². The van der Waals surface area contributed by atoms with Crippen molar-refractivity contribution in [3.63, 3.8) is 0 Å². The van der Waals surface area contributed by atoms with Crippen molar-refractivity contribution < 1.29 is 4.74 Å². The minimum atomic E-state index is 0.414. The lowest BCUT2D eigenvalue weighted by Crippen LogP contribution is -2.00. The van der Waals surface area contributed by atoms with Crippen molar-refractivity contribution in [3.05, 3.63) is 48.2 Å². The van der Waals surface area contributed by atoms with E-state index in [9.17, 15) is 0 Å². The van der Waals surface area contributed by atoms with Gasteiger partial charge in [-0.25, -0.2) is 0 Å². The van der Waals surface area contributed by atoms with E-state index < -0.39 is 0 Å². The van der Waals surface area contributed by atoms with Crippen molar-refractivity contribution in [3.8, 4) is 29.0 Å². The molecule has 0 N–H and O–H groups in total. The van der Waals surface area contributed by atoms with E-state index in [1.807, 2.05) is 12.1 Å². The molecule has 1 aromatic carbocycles. The van der Waals surface area contributed by atoms with Gasteiger partial charge in [0.05, 0.1) is 24.4 Å². The van der Waals surface area contributed by atoms with Crippen LogP contribution < -0.4 is 4.74 Å². The van der Waals surface area contributed by atoms with Crippen LogP contribution in [-0.2, 0) is 0 Å². The number of hydrogen-bond donors (Lipinski definition) is 0. The third-order valence-electron chi connectivity index (χ3n) is 2.79. The number of pyridine rings is 1. The SMILES string of the molecule is [11CH3]Oc1cc(C#N)cc(-n2nnc(-c3ccccn3)n2)c1. The van der Waals surface area contributed by atoms with Crippen LogP contribution in [-0.4, -0.2) is 32.3 Å². The summed E-state index contributed by atoms with van der Waals surface area (Å²) in [6.45, 7) is 0. The minimum Gasteiger partial charge on any atom is -0.497 e. The van der Waals surface area contributed by atoms with Gasteiger partial charge in [-0.3, -0.25) is 4.98 Å². The summed E-state index contributed by atoms with van der Waals surface area (Å²) in [5.74, 6) is 0.970. The monoisotopic (exact) mass is 277 g/mol. The van der Waals surface area contributed by atoms with E-state index in [1.54, 1.807) is 30.5 Å². The molecule has 0 aliphatic rings. The van der Waals surface area contributed by atoms with Crippen LogP contribution in [0.3, 0.4) is 0 Å². The number of nitrogens with zero attached hydrogens (tertiary/aromatic N) is 6. The van der Waals surface area contributed by atoms with E-state index in [4.69, 9.17) is 10.00 Å². The fraction of sp³-hybridized carbons (Fsp3) is 0.0714. The molecule has 0 unspecified atom stereocenters. The standard InChI is InChI=1S/C14H10N6O/c1-21-12-7-10(9-15)6-11(8-12)20-18-14(17-19-20)13-4-2-3-5-16-13/h2-8H,1H3/i1-1. The van der Waals surface area contributed by atoms with Crippen LogP contribution in [0, 0.1) is 11.3 Å². The molecule has 3 rings (SSSR count). The highest BCUT2D eigenvalue weighted by Gasteiger charge is 2.10. The molecule has 7 heteroatoms. The molecule has 2 heterocycles. The summed E-state index contributed by atoms with van der Waals surface area (Å²) in [6.07, 6.45) is 1.66. The molecule has 0 aliphatic carbocycles. The topological polar surface area (TPSA) is 89.5 Å². The maximum atomic E-state index is 9.03. The van der Waals surface area contributed by atoms with Crippen molar-refractivity contribution in [1.29, 1.82) is 5.26 Å². The Hall–Kier alpha value is -3.27. The molecular weight excluding hydrogens is 267 g/mol. The van der Waals surface area contributed by atoms with Gasteiger partial charge >= 0.3 is 0 Å². The van der Waals surface area contributed by atoms with Crippen molar-refractivity contribution in [1.82, 2.24) is 25.2 Å². The molecule has 0 saturated heterocycles. The van der Waals surface area contributed by atoms with Crippen molar-refractivity contribution in [2.75, 3.05) is 7.11 Å². The Kier molecular flexibility index (Phi) is 3.27. The molecule has 102 valence electrons. The Bertz CT molecular complexity index is 806. The Labute approximate surface area is 120 Å². The van der Waals surface area contributed by atoms with Crippen molar-refractivity contribution in [2.45, 2.75) is 0 Å². The molecule has 3 aromatic rings. The lowest BCUT2D eigenvalue weighted by molar-refractivity contribution is 0.414. The summed E-state index contributed by atoms with van der Waals surface area (Å²) >= 11 is 0. The van der Waals surface area contributed by atoms with Gasteiger partial charge in [-0.1, -0.05) is 6.07 Å². The Balaban J connectivity index is 2.02. The van der Waals surface area contributed by atoms with Gasteiger partial charge in [-0.2, -0.15) is 5.26 Å². The highest BCUT2D eigenvalue weighted by atomic mass is 16.4. The summed E-state index contributed by atoms with van der Waals surface area (Å²) < 4.78 is 5.16. The second kappa shape index (κ2) is 5.38. The number of aromatic nitrogens is 5. The molecule has 7 nitrogen and oxygen atoms in total. The Morgan fingerprint density at radius 1 is 1.24 bits per heavy atom. The predicted octanol–water partition coefficient (Wildman–Crippen LogP) is 1.60. The van der Waals surface area contributed by atoms with E-state index in [0.717, 1.165) is 0 Å². The number of benzene rings is 1. The summed E-state index contributed by atoms with van der Waals surface area (Å²) in [7, 11) is 1.54. The highest BCUT2D eigenvalue weighted by Crippen LogP contribution is 2.19. The van der Waals surface area contributed by atoms with E-state index in [1.165, 1.54) is 11.9 Å². The molecule has 21 heavy (non-hydrogen) atoms. The molecule has 0 atom stereocenters. The largest absolute Gasteiger partial charge is 0.497 e. The van der Waals surface area contributed by atoms with E-state index in [-0.39, 0.29) is 0 Å². The Morgan fingerprint density at radius 2 is 2.14 bits per heavy atom. The number of rotatable bonds is 3. The van der Waals surface area contributed by atoms with Crippen LogP contribution in [0.2, 0.25) is 0 Å². The molecule has 0 saturated carbocycles. The zero-order chi connectivity index (χ0) is 14.7. The predicted molar refractivity (Wildman–Crippen MR) is 73.7 cm³/mol. The van der Waals surface area contributed by atoms with Crippen molar-refractivity contribution >= 4 is 0 Å². The third kappa shape index (κ3) is 2.55. The maximum Gasteiger partial charge on any atom is 0.223 e. The minimum absolute atomic E-state index is 0.414. The van der Waals surface area contributed by atoms with Crippen LogP contribution in [0.1, 0.15) is 5.56 Å². The normalized spacial score (nSPS) is 10.1. The number of methoxy groups -OCH3 is 1. The van der Waals surface area contributed by atoms with Crippen LogP contribution in [0.5, 0.6) is 5.75 Å². The lowest BCUT2D eigenvalue weighted by atomic mass is 10.2. The third-order valence-corrected chi connectivity index (χ3v) is 2.79. The van der Waals surface area contributed by atoms with Crippen LogP contribution in [0.15, 0.2) is 42.6 Å². The van der Waals surface area contributed by atoms with Gasteiger partial charge in [0, 0.05) is 12.3 Å². The van der Waals surface area contributed by atoms with Gasteiger partial charge in [-0.05, 0) is 29.5 Å². The van der Waals surface area contributed by atoms with Crippen LogP contribution in [0.4, 0.5) is 0 Å². The molecule has 0 bridgehead atoms. The quantitative estimate of drug-likeness (QED) is 0.722. The average Bonchev–Trinajstić information content (AvgIpc) is 3.05. The molecule has 0 fully saturated rings. The summed E-state index contributed by atoms with van der Waals surface area (Å²) in [6, 6.07) is 12.6. The first-order valence-electron chi connectivity index (χ1n) is 6.11. The number of nitriles is 1. The fourth-order valence-electron chi connectivity index (χ4n) is 1.80. The molecule has 0 radical (unpaired) electrons. The molecular formula is C14H10N6O. The first kappa shape index (κ1) is 12.7. The first-order chi connectivity index (χ1) is 10.3. The highest BCUT2D eigenvalue weighted by molar-refractivity contribution is 5.49. The average molecular weight is 277 g/mol. The number of tetrazole rings is 1. The van der Waals surface area contributed by atoms with Gasteiger partial charge < -0.3 is 4.74 Å². The van der Waals surface area contributed by atoms with E-state index >= 15 is 0 Å². The first-order valence-corrected chi connectivity index (χ1v) is 6.11. The molecule has 0 amide bonds.